The van der Waals surface area contributed by atoms with E-state index in [1.807, 2.05) is 0 Å². The Balaban J connectivity index is 1.20. The third kappa shape index (κ3) is 4.79. The van der Waals surface area contributed by atoms with Crippen molar-refractivity contribution in [2.45, 2.75) is 5.41 Å². The smallest absolute Gasteiger partial charge is 0.0726 e. The van der Waals surface area contributed by atoms with Gasteiger partial charge in [0.15, 0.2) is 0 Å². The fraction of sp³-hybridized carbons (Fsp3) is 0.0164. The molecule has 1 nitrogen and oxygen atoms in total. The average Bonchev–Trinajstić information content (AvgIpc) is 3.82. The van der Waals surface area contributed by atoms with Crippen molar-refractivity contribution in [2.24, 2.45) is 0 Å². The van der Waals surface area contributed by atoms with Crippen LogP contribution < -0.4 is 4.90 Å². The van der Waals surface area contributed by atoms with Crippen molar-refractivity contribution in [3.8, 4) is 44.5 Å². The van der Waals surface area contributed by atoms with E-state index in [1.165, 1.54) is 99.1 Å². The van der Waals surface area contributed by atoms with Crippen LogP contribution in [0, 0.1) is 0 Å². The summed E-state index contributed by atoms with van der Waals surface area (Å²) >= 11 is 0. The predicted molar refractivity (Wildman–Crippen MR) is 261 cm³/mol. The van der Waals surface area contributed by atoms with Gasteiger partial charge in [-0.15, -0.1) is 0 Å². The highest BCUT2D eigenvalue weighted by Gasteiger charge is 2.51. The largest absolute Gasteiger partial charge is 0.309 e. The molecular formula is C61H39N. The van der Waals surface area contributed by atoms with Gasteiger partial charge in [0.25, 0.3) is 0 Å². The van der Waals surface area contributed by atoms with Crippen LogP contribution in [0.1, 0.15) is 22.3 Å². The molecule has 0 unspecified atom stereocenters. The highest BCUT2D eigenvalue weighted by atomic mass is 15.1. The second kappa shape index (κ2) is 13.5. The standard InChI is InChI=1S/C61H39N/c1-3-19-40(20-4-1)43-30-17-31-44(41-21-5-2-6-22-41)60(43)62(58-36-18-32-53-47-24-8-7-23-45(47)46-25-9-10-29-52(46)59(53)58)42-37-38-51-50-28-13-16-35-56(50)61(57(51)39-42)54-33-14-11-26-48(54)49-27-12-15-34-55(49)61/h1-39H. The van der Waals surface area contributed by atoms with E-state index in [1.54, 1.807) is 0 Å². The molecule has 0 fully saturated rings. The minimum Gasteiger partial charge on any atom is -0.309 e. The Bertz CT molecular complexity index is 3420. The number of hydrogen-bond donors (Lipinski definition) is 0. The summed E-state index contributed by atoms with van der Waals surface area (Å²) in [4.78, 5) is 2.60. The van der Waals surface area contributed by atoms with Gasteiger partial charge in [0.05, 0.1) is 16.8 Å². The monoisotopic (exact) mass is 785 g/mol. The Kier molecular flexibility index (Phi) is 7.59. The highest BCUT2D eigenvalue weighted by molar-refractivity contribution is 6.29. The van der Waals surface area contributed by atoms with Gasteiger partial charge < -0.3 is 4.90 Å². The lowest BCUT2D eigenvalue weighted by Gasteiger charge is -2.34. The lowest BCUT2D eigenvalue weighted by atomic mass is 9.70. The molecule has 0 saturated heterocycles. The van der Waals surface area contributed by atoms with Crippen LogP contribution in [0.15, 0.2) is 237 Å². The summed E-state index contributed by atoms with van der Waals surface area (Å²) < 4.78 is 0. The van der Waals surface area contributed by atoms with Crippen molar-refractivity contribution >= 4 is 49.4 Å². The molecule has 0 saturated carbocycles. The normalized spacial score (nSPS) is 13.0. The van der Waals surface area contributed by atoms with Gasteiger partial charge in [-0.25, -0.2) is 0 Å². The molecule has 2 aliphatic carbocycles. The van der Waals surface area contributed by atoms with Crippen LogP contribution in [-0.2, 0) is 5.41 Å². The van der Waals surface area contributed by atoms with E-state index in [2.05, 4.69) is 241 Å². The first-order valence-electron chi connectivity index (χ1n) is 21.6. The van der Waals surface area contributed by atoms with Crippen molar-refractivity contribution < 1.29 is 0 Å². The van der Waals surface area contributed by atoms with Gasteiger partial charge >= 0.3 is 0 Å². The van der Waals surface area contributed by atoms with E-state index < -0.39 is 5.41 Å². The van der Waals surface area contributed by atoms with Crippen LogP contribution in [0.5, 0.6) is 0 Å². The number of hydrogen-bond acceptors (Lipinski definition) is 1. The Morgan fingerprint density at radius 2 is 0.661 bits per heavy atom. The SMILES string of the molecule is c1ccc(-c2cccc(-c3ccccc3)c2N(c2ccc3c(c2)C2(c4ccccc4-c4ccccc42)c2ccccc2-3)c2cccc3c4ccccc4c4ccccc4c23)cc1. The Hall–Kier alpha value is -8.00. The molecule has 62 heavy (non-hydrogen) atoms. The van der Waals surface area contributed by atoms with Gasteiger partial charge in [0.1, 0.15) is 0 Å². The molecule has 1 heteroatoms. The summed E-state index contributed by atoms with van der Waals surface area (Å²) in [6, 6.07) is 88.0. The van der Waals surface area contributed by atoms with Crippen molar-refractivity contribution in [1.29, 1.82) is 0 Å². The zero-order valence-corrected chi connectivity index (χ0v) is 34.0. The number of para-hydroxylation sites is 1. The third-order valence-electron chi connectivity index (χ3n) is 13.7. The first-order chi connectivity index (χ1) is 30.8. The zero-order valence-electron chi connectivity index (χ0n) is 34.0. The molecular weight excluding hydrogens is 747 g/mol. The molecule has 0 radical (unpaired) electrons. The lowest BCUT2D eigenvalue weighted by molar-refractivity contribution is 0.793. The van der Waals surface area contributed by atoms with Crippen LogP contribution in [0.4, 0.5) is 17.1 Å². The van der Waals surface area contributed by atoms with E-state index in [-0.39, 0.29) is 0 Å². The molecule has 288 valence electrons. The van der Waals surface area contributed by atoms with Gasteiger partial charge in [-0.05, 0) is 101 Å². The van der Waals surface area contributed by atoms with E-state index >= 15 is 0 Å². The summed E-state index contributed by atoms with van der Waals surface area (Å²) in [6.07, 6.45) is 0. The molecule has 13 rings (SSSR count). The first-order valence-corrected chi connectivity index (χ1v) is 21.6. The second-order valence-electron chi connectivity index (χ2n) is 16.7. The third-order valence-corrected chi connectivity index (χ3v) is 13.7. The fourth-order valence-corrected chi connectivity index (χ4v) is 11.2. The van der Waals surface area contributed by atoms with E-state index in [9.17, 15) is 0 Å². The van der Waals surface area contributed by atoms with E-state index in [0.717, 1.165) is 17.1 Å². The minimum atomic E-state index is -0.482. The highest BCUT2D eigenvalue weighted by Crippen LogP contribution is 2.63. The molecule has 0 aliphatic heterocycles. The summed E-state index contributed by atoms with van der Waals surface area (Å²) in [6.45, 7) is 0. The number of anilines is 3. The minimum absolute atomic E-state index is 0.482. The van der Waals surface area contributed by atoms with Crippen LogP contribution in [-0.4, -0.2) is 0 Å². The number of nitrogens with zero attached hydrogens (tertiary/aromatic N) is 1. The molecule has 0 aromatic heterocycles. The molecule has 2 aliphatic rings. The molecule has 0 heterocycles. The number of fused-ring (bicyclic) bond motifs is 16. The summed E-state index contributed by atoms with van der Waals surface area (Å²) in [5.74, 6) is 0. The topological polar surface area (TPSA) is 3.24 Å². The second-order valence-corrected chi connectivity index (χ2v) is 16.7. The van der Waals surface area contributed by atoms with Gasteiger partial charge in [-0.3, -0.25) is 0 Å². The molecule has 0 atom stereocenters. The van der Waals surface area contributed by atoms with Gasteiger partial charge in [0, 0.05) is 22.2 Å². The number of rotatable bonds is 5. The zero-order chi connectivity index (χ0) is 40.8. The molecule has 11 aromatic carbocycles. The lowest BCUT2D eigenvalue weighted by Crippen LogP contribution is -2.26. The quantitative estimate of drug-likeness (QED) is 0.157. The molecule has 0 amide bonds. The fourth-order valence-electron chi connectivity index (χ4n) is 11.2. The predicted octanol–water partition coefficient (Wildman–Crippen LogP) is 16.3. The summed E-state index contributed by atoms with van der Waals surface area (Å²) in [7, 11) is 0. The number of benzene rings is 11. The van der Waals surface area contributed by atoms with Crippen LogP contribution in [0.3, 0.4) is 0 Å². The molecule has 0 bridgehead atoms. The van der Waals surface area contributed by atoms with Crippen LogP contribution >= 0.6 is 0 Å². The van der Waals surface area contributed by atoms with Crippen LogP contribution in [0.25, 0.3) is 76.8 Å². The van der Waals surface area contributed by atoms with Crippen molar-refractivity contribution in [3.63, 3.8) is 0 Å². The average molecular weight is 786 g/mol. The van der Waals surface area contributed by atoms with Crippen LogP contribution in [0.2, 0.25) is 0 Å². The summed E-state index contributed by atoms with van der Waals surface area (Å²) in [5, 5.41) is 7.49. The Morgan fingerprint density at radius 3 is 1.19 bits per heavy atom. The maximum atomic E-state index is 2.60. The maximum Gasteiger partial charge on any atom is 0.0726 e. The maximum absolute atomic E-state index is 2.60. The molecule has 1 spiro atoms. The van der Waals surface area contributed by atoms with Crippen molar-refractivity contribution in [2.75, 3.05) is 4.90 Å². The molecule has 11 aromatic rings. The summed E-state index contributed by atoms with van der Waals surface area (Å²) in [5.41, 5.74) is 18.1. The van der Waals surface area contributed by atoms with E-state index in [4.69, 9.17) is 0 Å². The Morgan fingerprint density at radius 1 is 0.274 bits per heavy atom. The van der Waals surface area contributed by atoms with Crippen molar-refractivity contribution in [1.82, 2.24) is 0 Å². The van der Waals surface area contributed by atoms with E-state index in [0.29, 0.717) is 0 Å². The molecule has 0 N–H and O–H groups in total. The van der Waals surface area contributed by atoms with Crippen molar-refractivity contribution in [3.05, 3.63) is 259 Å². The Labute approximate surface area is 361 Å². The van der Waals surface area contributed by atoms with Gasteiger partial charge in [-0.1, -0.05) is 218 Å². The first kappa shape index (κ1) is 34.8. The van der Waals surface area contributed by atoms with Gasteiger partial charge in [0.2, 0.25) is 0 Å². The van der Waals surface area contributed by atoms with Gasteiger partial charge in [-0.2, -0.15) is 0 Å².